The van der Waals surface area contributed by atoms with Crippen LogP contribution in [0.15, 0.2) is 66.0 Å². The standard InChI is InChI=1S/C22H22N2O2S/c1-15-10-11-18(13-16(15)2)23-21(25)19(14-17-7-4-3-5-8-17)24-22(26)20-9-6-12-27-20/h3-13,19H,14H2,1-2H3,(H,23,25)(H,24,26)/t19-/m0/s1. The Balaban J connectivity index is 1.77. The summed E-state index contributed by atoms with van der Waals surface area (Å²) in [5.41, 5.74) is 3.99. The topological polar surface area (TPSA) is 58.2 Å². The van der Waals surface area contributed by atoms with Crippen LogP contribution < -0.4 is 10.6 Å². The third kappa shape index (κ3) is 5.05. The maximum atomic E-state index is 12.9. The molecule has 138 valence electrons. The van der Waals surface area contributed by atoms with E-state index in [0.29, 0.717) is 11.3 Å². The van der Waals surface area contributed by atoms with Gasteiger partial charge in [0.15, 0.2) is 0 Å². The van der Waals surface area contributed by atoms with Crippen molar-refractivity contribution in [3.63, 3.8) is 0 Å². The summed E-state index contributed by atoms with van der Waals surface area (Å²) in [4.78, 5) is 26.0. The van der Waals surface area contributed by atoms with Gasteiger partial charge >= 0.3 is 0 Å². The van der Waals surface area contributed by atoms with E-state index in [9.17, 15) is 9.59 Å². The van der Waals surface area contributed by atoms with Crippen LogP contribution in [0.25, 0.3) is 0 Å². The molecule has 2 N–H and O–H groups in total. The average molecular weight is 378 g/mol. The van der Waals surface area contributed by atoms with Crippen molar-refractivity contribution in [3.8, 4) is 0 Å². The van der Waals surface area contributed by atoms with E-state index in [4.69, 9.17) is 0 Å². The van der Waals surface area contributed by atoms with Gasteiger partial charge in [0.2, 0.25) is 5.91 Å². The van der Waals surface area contributed by atoms with E-state index in [-0.39, 0.29) is 11.8 Å². The molecule has 1 aromatic heterocycles. The molecule has 3 rings (SSSR count). The van der Waals surface area contributed by atoms with E-state index in [2.05, 4.69) is 10.6 Å². The fourth-order valence-electron chi connectivity index (χ4n) is 2.74. The zero-order valence-corrected chi connectivity index (χ0v) is 16.2. The molecule has 0 fully saturated rings. The van der Waals surface area contributed by atoms with Gasteiger partial charge in [0.25, 0.3) is 5.91 Å². The highest BCUT2D eigenvalue weighted by Crippen LogP contribution is 2.16. The molecule has 5 heteroatoms. The number of thiophene rings is 1. The Morgan fingerprint density at radius 2 is 1.74 bits per heavy atom. The van der Waals surface area contributed by atoms with Crippen molar-refractivity contribution < 1.29 is 9.59 Å². The molecule has 1 atom stereocenters. The van der Waals surface area contributed by atoms with Gasteiger partial charge in [-0.3, -0.25) is 9.59 Å². The van der Waals surface area contributed by atoms with Gasteiger partial charge in [-0.1, -0.05) is 42.5 Å². The molecule has 0 saturated heterocycles. The number of amides is 2. The van der Waals surface area contributed by atoms with E-state index in [1.165, 1.54) is 16.9 Å². The van der Waals surface area contributed by atoms with Crippen LogP contribution in [0.3, 0.4) is 0 Å². The first-order chi connectivity index (χ1) is 13.0. The first-order valence-corrected chi connectivity index (χ1v) is 9.67. The zero-order valence-electron chi connectivity index (χ0n) is 15.4. The van der Waals surface area contributed by atoms with Crippen molar-refractivity contribution >= 4 is 28.8 Å². The highest BCUT2D eigenvalue weighted by molar-refractivity contribution is 7.12. The smallest absolute Gasteiger partial charge is 0.262 e. The minimum absolute atomic E-state index is 0.230. The molecule has 0 radical (unpaired) electrons. The number of rotatable bonds is 6. The van der Waals surface area contributed by atoms with Gasteiger partial charge in [0.1, 0.15) is 6.04 Å². The number of benzene rings is 2. The van der Waals surface area contributed by atoms with Gasteiger partial charge in [0, 0.05) is 12.1 Å². The maximum Gasteiger partial charge on any atom is 0.262 e. The molecular formula is C22H22N2O2S. The Hall–Kier alpha value is -2.92. The van der Waals surface area contributed by atoms with Crippen LogP contribution in [-0.4, -0.2) is 17.9 Å². The summed E-state index contributed by atoms with van der Waals surface area (Å²) in [6.45, 7) is 4.03. The molecule has 0 unspecified atom stereocenters. The van der Waals surface area contributed by atoms with Gasteiger partial charge in [-0.05, 0) is 54.1 Å². The van der Waals surface area contributed by atoms with E-state index >= 15 is 0 Å². The molecular weight excluding hydrogens is 356 g/mol. The Labute approximate surface area is 163 Å². The number of anilines is 1. The van der Waals surface area contributed by atoms with Crippen LogP contribution in [0.2, 0.25) is 0 Å². The number of hydrogen-bond acceptors (Lipinski definition) is 3. The average Bonchev–Trinajstić information content (AvgIpc) is 3.20. The Kier molecular flexibility index (Phi) is 6.04. The number of carbonyl (C=O) groups is 2. The van der Waals surface area contributed by atoms with Gasteiger partial charge in [-0.15, -0.1) is 11.3 Å². The predicted molar refractivity (Wildman–Crippen MR) is 110 cm³/mol. The lowest BCUT2D eigenvalue weighted by Gasteiger charge is -2.19. The third-order valence-corrected chi connectivity index (χ3v) is 5.29. The van der Waals surface area contributed by atoms with Gasteiger partial charge in [0.05, 0.1) is 4.88 Å². The number of aryl methyl sites for hydroxylation is 2. The molecule has 0 spiro atoms. The summed E-state index contributed by atoms with van der Waals surface area (Å²) in [6, 6.07) is 18.4. The van der Waals surface area contributed by atoms with Crippen LogP contribution in [0, 0.1) is 13.8 Å². The zero-order chi connectivity index (χ0) is 19.2. The first-order valence-electron chi connectivity index (χ1n) is 8.79. The molecule has 0 aliphatic carbocycles. The predicted octanol–water partition coefficient (Wildman–Crippen LogP) is 4.34. The molecule has 2 aromatic carbocycles. The van der Waals surface area contributed by atoms with E-state index in [1.54, 1.807) is 6.07 Å². The summed E-state index contributed by atoms with van der Waals surface area (Å²) in [5.74, 6) is -0.465. The highest BCUT2D eigenvalue weighted by atomic mass is 32.1. The van der Waals surface area contributed by atoms with E-state index in [0.717, 1.165) is 16.8 Å². The summed E-state index contributed by atoms with van der Waals surface area (Å²) in [5, 5.41) is 7.65. The quantitative estimate of drug-likeness (QED) is 0.670. The minimum atomic E-state index is -0.663. The van der Waals surface area contributed by atoms with Gasteiger partial charge in [-0.2, -0.15) is 0 Å². The Bertz CT molecular complexity index is 921. The lowest BCUT2D eigenvalue weighted by molar-refractivity contribution is -0.118. The molecule has 3 aromatic rings. The second-order valence-corrected chi connectivity index (χ2v) is 7.43. The second-order valence-electron chi connectivity index (χ2n) is 6.48. The van der Waals surface area contributed by atoms with Crippen LogP contribution >= 0.6 is 11.3 Å². The molecule has 2 amide bonds. The van der Waals surface area contributed by atoms with Crippen LogP contribution in [0.4, 0.5) is 5.69 Å². The minimum Gasteiger partial charge on any atom is -0.339 e. The van der Waals surface area contributed by atoms with Crippen molar-refractivity contribution in [2.45, 2.75) is 26.3 Å². The molecule has 0 saturated carbocycles. The second kappa shape index (κ2) is 8.64. The van der Waals surface area contributed by atoms with Crippen molar-refractivity contribution in [3.05, 3.63) is 87.6 Å². The molecule has 1 heterocycles. The molecule has 4 nitrogen and oxygen atoms in total. The third-order valence-electron chi connectivity index (χ3n) is 4.42. The van der Waals surface area contributed by atoms with Crippen LogP contribution in [-0.2, 0) is 11.2 Å². The highest BCUT2D eigenvalue weighted by Gasteiger charge is 2.22. The van der Waals surface area contributed by atoms with Crippen LogP contribution in [0.1, 0.15) is 26.4 Å². The number of hydrogen-bond donors (Lipinski definition) is 2. The Morgan fingerprint density at radius 1 is 0.963 bits per heavy atom. The molecule has 0 bridgehead atoms. The fourth-order valence-corrected chi connectivity index (χ4v) is 3.37. The summed E-state index contributed by atoms with van der Waals surface area (Å²) < 4.78 is 0. The Morgan fingerprint density at radius 3 is 2.41 bits per heavy atom. The first kappa shape index (κ1) is 18.9. The lowest BCUT2D eigenvalue weighted by atomic mass is 10.0. The fraction of sp³-hybridized carbons (Fsp3) is 0.182. The largest absolute Gasteiger partial charge is 0.339 e. The van der Waals surface area contributed by atoms with E-state index in [1.807, 2.05) is 73.8 Å². The van der Waals surface area contributed by atoms with Crippen molar-refractivity contribution in [2.24, 2.45) is 0 Å². The molecule has 0 aliphatic rings. The lowest BCUT2D eigenvalue weighted by Crippen LogP contribution is -2.45. The monoisotopic (exact) mass is 378 g/mol. The van der Waals surface area contributed by atoms with Crippen LogP contribution in [0.5, 0.6) is 0 Å². The van der Waals surface area contributed by atoms with Crippen molar-refractivity contribution in [1.29, 1.82) is 0 Å². The normalized spacial score (nSPS) is 11.6. The maximum absolute atomic E-state index is 12.9. The van der Waals surface area contributed by atoms with Gasteiger partial charge in [-0.25, -0.2) is 0 Å². The number of nitrogens with one attached hydrogen (secondary N) is 2. The number of carbonyl (C=O) groups excluding carboxylic acids is 2. The van der Waals surface area contributed by atoms with Gasteiger partial charge < -0.3 is 10.6 Å². The summed E-state index contributed by atoms with van der Waals surface area (Å²) in [6.07, 6.45) is 0.425. The molecule has 0 aliphatic heterocycles. The van der Waals surface area contributed by atoms with E-state index < -0.39 is 6.04 Å². The van der Waals surface area contributed by atoms with Crippen molar-refractivity contribution in [1.82, 2.24) is 5.32 Å². The summed E-state index contributed by atoms with van der Waals surface area (Å²) in [7, 11) is 0. The SMILES string of the molecule is Cc1ccc(NC(=O)[C@H](Cc2ccccc2)NC(=O)c2cccs2)cc1C. The van der Waals surface area contributed by atoms with Crippen molar-refractivity contribution in [2.75, 3.05) is 5.32 Å². The summed E-state index contributed by atoms with van der Waals surface area (Å²) >= 11 is 1.35. The molecule has 27 heavy (non-hydrogen) atoms.